The maximum atomic E-state index is 12.2. The van der Waals surface area contributed by atoms with Crippen LogP contribution in [0, 0.1) is 0 Å². The number of rotatable bonds is 4. The Labute approximate surface area is 74.5 Å². The Morgan fingerprint density at radius 1 is 0.857 bits per heavy atom. The van der Waals surface area contributed by atoms with Crippen molar-refractivity contribution < 1.29 is 35.8 Å². The van der Waals surface area contributed by atoms with E-state index in [9.17, 15) is 30.7 Å². The van der Waals surface area contributed by atoms with Crippen LogP contribution in [-0.4, -0.2) is 36.2 Å². The van der Waals surface area contributed by atoms with E-state index in [-0.39, 0.29) is 0 Å². The van der Waals surface area contributed by atoms with E-state index in [1.807, 2.05) is 0 Å². The lowest BCUT2D eigenvalue weighted by molar-refractivity contribution is -0.298. The molecule has 8 heteroatoms. The Bertz CT molecular complexity index is 183. The van der Waals surface area contributed by atoms with Crippen LogP contribution in [0.1, 0.15) is 6.42 Å². The Morgan fingerprint density at radius 3 is 1.43 bits per heavy atom. The number of hydrogen-bond acceptors (Lipinski definition) is 1. The molecule has 0 amide bonds. The third-order valence-corrected chi connectivity index (χ3v) is 1.46. The minimum atomic E-state index is -5.93. The molecular formula is C6H7F7O. The van der Waals surface area contributed by atoms with Gasteiger partial charge in [-0.15, -0.1) is 0 Å². The number of alkyl halides is 7. The third-order valence-electron chi connectivity index (χ3n) is 1.46. The zero-order chi connectivity index (χ0) is 11.6. The molecule has 0 aliphatic carbocycles. The summed E-state index contributed by atoms with van der Waals surface area (Å²) in [7, 11) is 0. The molecule has 0 aromatic rings. The maximum absolute atomic E-state index is 12.2. The van der Waals surface area contributed by atoms with Crippen LogP contribution in [0.4, 0.5) is 30.7 Å². The van der Waals surface area contributed by atoms with E-state index in [4.69, 9.17) is 5.11 Å². The van der Waals surface area contributed by atoms with Crippen molar-refractivity contribution in [2.45, 2.75) is 24.1 Å². The van der Waals surface area contributed by atoms with Crippen molar-refractivity contribution in [1.82, 2.24) is 0 Å². The number of hydrogen-bond donors (Lipinski definition) is 1. The normalized spacial score (nSPS) is 14.6. The van der Waals surface area contributed by atoms with Crippen molar-refractivity contribution in [1.29, 1.82) is 0 Å². The minimum absolute atomic E-state index is 2.00. The average Bonchev–Trinajstić information content (AvgIpc) is 2.01. The second-order valence-electron chi connectivity index (χ2n) is 2.87. The van der Waals surface area contributed by atoms with Gasteiger partial charge in [0.2, 0.25) is 0 Å². The average molecular weight is 228 g/mol. The van der Waals surface area contributed by atoms with Gasteiger partial charge in [-0.2, -0.15) is 22.0 Å². The molecule has 0 aliphatic heterocycles. The predicted molar refractivity (Wildman–Crippen MR) is 32.5 cm³/mol. The van der Waals surface area contributed by atoms with E-state index in [0.717, 1.165) is 0 Å². The molecule has 0 spiro atoms. The second-order valence-corrected chi connectivity index (χ2v) is 2.87. The Balaban J connectivity index is 4.65. The molecule has 0 bridgehead atoms. The summed E-state index contributed by atoms with van der Waals surface area (Å²) in [5.41, 5.74) is -3.28. The van der Waals surface area contributed by atoms with Gasteiger partial charge in [0.1, 0.15) is 19.0 Å². The summed E-state index contributed by atoms with van der Waals surface area (Å²) >= 11 is 0. The maximum Gasteiger partial charge on any atom is 0.453 e. The fraction of sp³-hybridized carbons (Fsp3) is 1.00. The standard InChI is InChI=1S/C6H7F7O/c7-2-4(14,3-8)1-5(9,10)6(11,12)13/h14H,1-3H2. The van der Waals surface area contributed by atoms with Crippen molar-refractivity contribution in [3.05, 3.63) is 0 Å². The van der Waals surface area contributed by atoms with E-state index in [1.165, 1.54) is 0 Å². The fourth-order valence-electron chi connectivity index (χ4n) is 0.644. The quantitative estimate of drug-likeness (QED) is 0.731. The highest BCUT2D eigenvalue weighted by Gasteiger charge is 2.60. The minimum Gasteiger partial charge on any atom is -0.384 e. The lowest BCUT2D eigenvalue weighted by Crippen LogP contribution is -2.47. The summed E-state index contributed by atoms with van der Waals surface area (Å²) in [6, 6.07) is 0. The van der Waals surface area contributed by atoms with Crippen molar-refractivity contribution in [3.8, 4) is 0 Å². The first-order chi connectivity index (χ1) is 6.08. The topological polar surface area (TPSA) is 20.2 Å². The van der Waals surface area contributed by atoms with Gasteiger partial charge in [0.25, 0.3) is 0 Å². The van der Waals surface area contributed by atoms with Crippen molar-refractivity contribution in [2.75, 3.05) is 13.3 Å². The summed E-state index contributed by atoms with van der Waals surface area (Å²) in [5, 5.41) is 8.60. The highest BCUT2D eigenvalue weighted by atomic mass is 19.4. The van der Waals surface area contributed by atoms with Gasteiger partial charge in [-0.3, -0.25) is 0 Å². The molecule has 0 fully saturated rings. The zero-order valence-electron chi connectivity index (χ0n) is 6.71. The van der Waals surface area contributed by atoms with Gasteiger partial charge >= 0.3 is 12.1 Å². The lowest BCUT2D eigenvalue weighted by Gasteiger charge is -2.27. The van der Waals surface area contributed by atoms with Crippen molar-refractivity contribution in [2.24, 2.45) is 0 Å². The third kappa shape index (κ3) is 3.00. The van der Waals surface area contributed by atoms with E-state index in [1.54, 1.807) is 0 Å². The molecule has 0 atom stereocenters. The molecule has 0 aromatic heterocycles. The van der Waals surface area contributed by atoms with Crippen LogP contribution in [0.3, 0.4) is 0 Å². The summed E-state index contributed by atoms with van der Waals surface area (Å²) in [6.45, 7) is -4.01. The van der Waals surface area contributed by atoms with E-state index in [2.05, 4.69) is 0 Å². The van der Waals surface area contributed by atoms with Crippen LogP contribution in [0.15, 0.2) is 0 Å². The lowest BCUT2D eigenvalue weighted by atomic mass is 9.98. The predicted octanol–water partition coefficient (Wildman–Crippen LogP) is 2.24. The molecule has 0 radical (unpaired) electrons. The molecule has 0 saturated carbocycles. The molecule has 0 rings (SSSR count). The van der Waals surface area contributed by atoms with Crippen LogP contribution in [0.25, 0.3) is 0 Å². The van der Waals surface area contributed by atoms with E-state index < -0.39 is 37.5 Å². The van der Waals surface area contributed by atoms with Gasteiger partial charge in [0, 0.05) is 0 Å². The van der Waals surface area contributed by atoms with Gasteiger partial charge < -0.3 is 5.11 Å². The number of aliphatic hydroxyl groups is 1. The molecule has 0 unspecified atom stereocenters. The molecule has 0 aliphatic rings. The molecule has 0 aromatic carbocycles. The molecule has 1 nitrogen and oxygen atoms in total. The zero-order valence-corrected chi connectivity index (χ0v) is 6.71. The van der Waals surface area contributed by atoms with Crippen LogP contribution in [-0.2, 0) is 0 Å². The molecule has 86 valence electrons. The van der Waals surface area contributed by atoms with Crippen LogP contribution < -0.4 is 0 Å². The SMILES string of the molecule is OC(CF)(CF)CC(F)(F)C(F)(F)F. The molecular weight excluding hydrogens is 221 g/mol. The van der Waals surface area contributed by atoms with Crippen LogP contribution in [0.5, 0.6) is 0 Å². The van der Waals surface area contributed by atoms with Gasteiger partial charge in [-0.05, 0) is 0 Å². The first kappa shape index (κ1) is 13.5. The second kappa shape index (κ2) is 3.92. The van der Waals surface area contributed by atoms with E-state index in [0.29, 0.717) is 0 Å². The van der Waals surface area contributed by atoms with E-state index >= 15 is 0 Å². The first-order valence-corrected chi connectivity index (χ1v) is 3.37. The largest absolute Gasteiger partial charge is 0.453 e. The molecule has 1 N–H and O–H groups in total. The first-order valence-electron chi connectivity index (χ1n) is 3.37. The summed E-state index contributed by atoms with van der Waals surface area (Å²) < 4.78 is 82.5. The van der Waals surface area contributed by atoms with Gasteiger partial charge in [0.15, 0.2) is 0 Å². The Kier molecular flexibility index (Phi) is 3.77. The summed E-state index contributed by atoms with van der Waals surface area (Å²) in [6.07, 6.45) is -8.25. The van der Waals surface area contributed by atoms with Crippen LogP contribution >= 0.6 is 0 Å². The summed E-state index contributed by atoms with van der Waals surface area (Å²) in [5.74, 6) is -5.31. The van der Waals surface area contributed by atoms with Gasteiger partial charge in [0.05, 0.1) is 6.42 Å². The highest BCUT2D eigenvalue weighted by Crippen LogP contribution is 2.41. The van der Waals surface area contributed by atoms with Gasteiger partial charge in [-0.25, -0.2) is 8.78 Å². The highest BCUT2D eigenvalue weighted by molar-refractivity contribution is 4.88. The fourth-order valence-corrected chi connectivity index (χ4v) is 0.644. The van der Waals surface area contributed by atoms with Gasteiger partial charge in [-0.1, -0.05) is 0 Å². The Hall–Kier alpha value is -0.530. The molecule has 0 heterocycles. The van der Waals surface area contributed by atoms with Crippen molar-refractivity contribution >= 4 is 0 Å². The Morgan fingerprint density at radius 2 is 1.21 bits per heavy atom. The monoisotopic (exact) mass is 228 g/mol. The van der Waals surface area contributed by atoms with Crippen molar-refractivity contribution in [3.63, 3.8) is 0 Å². The summed E-state index contributed by atoms with van der Waals surface area (Å²) in [4.78, 5) is 0. The molecule has 0 saturated heterocycles. The smallest absolute Gasteiger partial charge is 0.384 e. The molecule has 14 heavy (non-hydrogen) atoms. The van der Waals surface area contributed by atoms with Crippen LogP contribution in [0.2, 0.25) is 0 Å². The number of halogens is 7.